The molecule has 3 aromatic rings. The van der Waals surface area contributed by atoms with Gasteiger partial charge in [0.1, 0.15) is 0 Å². The van der Waals surface area contributed by atoms with Crippen molar-refractivity contribution in [2.75, 3.05) is 23.7 Å². The van der Waals surface area contributed by atoms with Gasteiger partial charge < -0.3 is 10.2 Å². The predicted molar refractivity (Wildman–Crippen MR) is 108 cm³/mol. The number of carbonyl (C=O) groups excluding carboxylic acids is 2. The smallest absolute Gasteiger partial charge is 0.323 e. The van der Waals surface area contributed by atoms with Gasteiger partial charge in [-0.2, -0.15) is 0 Å². The summed E-state index contributed by atoms with van der Waals surface area (Å²) >= 11 is 1.46. The number of nitrogens with one attached hydrogen (secondary N) is 2. The van der Waals surface area contributed by atoms with Gasteiger partial charge in [0.25, 0.3) is 0 Å². The average Bonchev–Trinajstić information content (AvgIpc) is 3.11. The third-order valence-electron chi connectivity index (χ3n) is 4.70. The fourth-order valence-electron chi connectivity index (χ4n) is 3.21. The summed E-state index contributed by atoms with van der Waals surface area (Å²) in [6, 6.07) is 17.1. The minimum atomic E-state index is -0.157. The topological polar surface area (TPSA) is 74.3 Å². The van der Waals surface area contributed by atoms with E-state index >= 15 is 0 Å². The van der Waals surface area contributed by atoms with Gasteiger partial charge in [-0.15, -0.1) is 0 Å². The normalized spacial score (nSPS) is 14.9. The lowest BCUT2D eigenvalue weighted by atomic mass is 9.96. The Morgan fingerprint density at radius 3 is 2.41 bits per heavy atom. The Balaban J connectivity index is 1.30. The molecule has 1 saturated heterocycles. The number of hydrogen-bond acceptors (Lipinski definition) is 4. The zero-order chi connectivity index (χ0) is 18.6. The highest BCUT2D eigenvalue weighted by Crippen LogP contribution is 2.26. The van der Waals surface area contributed by atoms with E-state index in [-0.39, 0.29) is 17.9 Å². The molecule has 1 aliphatic heterocycles. The van der Waals surface area contributed by atoms with Crippen LogP contribution in [0.15, 0.2) is 54.6 Å². The number of benzene rings is 2. The minimum absolute atomic E-state index is 0.0208. The molecule has 4 rings (SSSR count). The van der Waals surface area contributed by atoms with E-state index in [9.17, 15) is 9.59 Å². The van der Waals surface area contributed by atoms with Crippen LogP contribution in [0.5, 0.6) is 0 Å². The van der Waals surface area contributed by atoms with Crippen molar-refractivity contribution in [3.05, 3.63) is 54.6 Å². The number of aromatic nitrogens is 1. The molecule has 1 aliphatic rings. The number of para-hydroxylation sites is 2. The summed E-state index contributed by atoms with van der Waals surface area (Å²) < 4.78 is 1.05. The number of thiazole rings is 1. The van der Waals surface area contributed by atoms with Crippen molar-refractivity contribution in [1.82, 2.24) is 9.88 Å². The molecule has 0 unspecified atom stereocenters. The van der Waals surface area contributed by atoms with Gasteiger partial charge in [0.05, 0.1) is 10.2 Å². The summed E-state index contributed by atoms with van der Waals surface area (Å²) in [4.78, 5) is 31.1. The zero-order valence-electron chi connectivity index (χ0n) is 14.7. The minimum Gasteiger partial charge on any atom is -0.326 e. The van der Waals surface area contributed by atoms with Gasteiger partial charge >= 0.3 is 6.03 Å². The van der Waals surface area contributed by atoms with Crippen molar-refractivity contribution >= 4 is 44.3 Å². The van der Waals surface area contributed by atoms with Crippen LogP contribution < -0.4 is 10.6 Å². The first-order chi connectivity index (χ1) is 13.2. The lowest BCUT2D eigenvalue weighted by Crippen LogP contribution is -2.43. The van der Waals surface area contributed by atoms with Crippen LogP contribution in [-0.2, 0) is 4.79 Å². The van der Waals surface area contributed by atoms with Crippen molar-refractivity contribution in [3.8, 4) is 0 Å². The molecule has 6 nitrogen and oxygen atoms in total. The molecular weight excluding hydrogens is 360 g/mol. The molecule has 0 spiro atoms. The quantitative estimate of drug-likeness (QED) is 0.716. The number of anilines is 2. The fourth-order valence-corrected chi connectivity index (χ4v) is 4.06. The maximum absolute atomic E-state index is 12.5. The second-order valence-electron chi connectivity index (χ2n) is 6.53. The van der Waals surface area contributed by atoms with E-state index in [0.717, 1.165) is 15.9 Å². The highest BCUT2D eigenvalue weighted by Gasteiger charge is 2.27. The van der Waals surface area contributed by atoms with Gasteiger partial charge in [-0.05, 0) is 37.1 Å². The van der Waals surface area contributed by atoms with E-state index in [1.54, 1.807) is 4.90 Å². The maximum Gasteiger partial charge on any atom is 0.323 e. The number of fused-ring (bicyclic) bond motifs is 1. The zero-order valence-corrected chi connectivity index (χ0v) is 15.5. The highest BCUT2D eigenvalue weighted by molar-refractivity contribution is 7.22. The molecule has 0 radical (unpaired) electrons. The van der Waals surface area contributed by atoms with Crippen molar-refractivity contribution < 1.29 is 9.59 Å². The van der Waals surface area contributed by atoms with Crippen LogP contribution in [0.3, 0.4) is 0 Å². The Labute approximate surface area is 161 Å². The Bertz CT molecular complexity index is 916. The molecule has 27 heavy (non-hydrogen) atoms. The third kappa shape index (κ3) is 4.09. The Morgan fingerprint density at radius 1 is 0.963 bits per heavy atom. The van der Waals surface area contributed by atoms with E-state index < -0.39 is 0 Å². The van der Waals surface area contributed by atoms with Crippen LogP contribution in [0.4, 0.5) is 15.6 Å². The van der Waals surface area contributed by atoms with Crippen molar-refractivity contribution in [2.45, 2.75) is 12.8 Å². The van der Waals surface area contributed by atoms with Crippen molar-refractivity contribution in [1.29, 1.82) is 0 Å². The van der Waals surface area contributed by atoms with E-state index in [1.807, 2.05) is 54.6 Å². The molecule has 0 atom stereocenters. The SMILES string of the molecule is O=C(Nc1ccccc1)C1CCN(C(=O)Nc2nc3ccccc3s2)CC1. The number of rotatable bonds is 3. The van der Waals surface area contributed by atoms with Crippen molar-refractivity contribution in [3.63, 3.8) is 0 Å². The number of amides is 3. The first-order valence-electron chi connectivity index (χ1n) is 8.96. The summed E-state index contributed by atoms with van der Waals surface area (Å²) in [5.41, 5.74) is 1.69. The van der Waals surface area contributed by atoms with Gasteiger partial charge in [-0.25, -0.2) is 9.78 Å². The summed E-state index contributed by atoms with van der Waals surface area (Å²) in [5, 5.41) is 6.42. The van der Waals surface area contributed by atoms with E-state index in [1.165, 1.54) is 11.3 Å². The number of hydrogen-bond donors (Lipinski definition) is 2. The molecule has 7 heteroatoms. The average molecular weight is 380 g/mol. The Morgan fingerprint density at radius 2 is 1.67 bits per heavy atom. The van der Waals surface area contributed by atoms with E-state index in [0.29, 0.717) is 31.1 Å². The number of nitrogens with zero attached hydrogens (tertiary/aromatic N) is 2. The Kier molecular flexibility index (Phi) is 5.02. The molecule has 1 fully saturated rings. The summed E-state index contributed by atoms with van der Waals surface area (Å²) in [5.74, 6) is -0.0517. The maximum atomic E-state index is 12.5. The molecule has 0 aliphatic carbocycles. The first-order valence-corrected chi connectivity index (χ1v) is 9.78. The molecule has 2 heterocycles. The van der Waals surface area contributed by atoms with E-state index in [4.69, 9.17) is 0 Å². The standard InChI is InChI=1S/C20H20N4O2S/c25-18(21-15-6-2-1-3-7-15)14-10-12-24(13-11-14)20(26)23-19-22-16-8-4-5-9-17(16)27-19/h1-9,14H,10-13H2,(H,21,25)(H,22,23,26). The van der Waals surface area contributed by atoms with Crippen LogP contribution in [0, 0.1) is 5.92 Å². The Hall–Kier alpha value is -2.93. The summed E-state index contributed by atoms with van der Waals surface area (Å²) in [6.45, 7) is 1.12. The van der Waals surface area contributed by atoms with Crippen LogP contribution >= 0.6 is 11.3 Å². The molecule has 0 saturated carbocycles. The molecule has 0 bridgehead atoms. The van der Waals surface area contributed by atoms with Gasteiger partial charge in [0.15, 0.2) is 5.13 Å². The lowest BCUT2D eigenvalue weighted by molar-refractivity contribution is -0.121. The number of carbonyl (C=O) groups is 2. The number of urea groups is 1. The third-order valence-corrected chi connectivity index (χ3v) is 5.65. The highest BCUT2D eigenvalue weighted by atomic mass is 32.1. The predicted octanol–water partition coefficient (Wildman–Crippen LogP) is 4.18. The summed E-state index contributed by atoms with van der Waals surface area (Å²) in [7, 11) is 0. The lowest BCUT2D eigenvalue weighted by Gasteiger charge is -2.31. The second kappa shape index (κ2) is 7.75. The molecular formula is C20H20N4O2S. The van der Waals surface area contributed by atoms with Crippen LogP contribution in [-0.4, -0.2) is 34.9 Å². The van der Waals surface area contributed by atoms with Gasteiger partial charge in [-0.1, -0.05) is 41.7 Å². The second-order valence-corrected chi connectivity index (χ2v) is 7.56. The largest absolute Gasteiger partial charge is 0.326 e. The summed E-state index contributed by atoms with van der Waals surface area (Å²) in [6.07, 6.45) is 1.32. The van der Waals surface area contributed by atoms with Gasteiger partial charge in [-0.3, -0.25) is 10.1 Å². The van der Waals surface area contributed by atoms with Gasteiger partial charge in [0.2, 0.25) is 5.91 Å². The fraction of sp³-hybridized carbons (Fsp3) is 0.250. The van der Waals surface area contributed by atoms with Crippen LogP contribution in [0.2, 0.25) is 0 Å². The van der Waals surface area contributed by atoms with E-state index in [2.05, 4.69) is 15.6 Å². The molecule has 138 valence electrons. The van der Waals surface area contributed by atoms with Gasteiger partial charge in [0, 0.05) is 24.7 Å². The number of likely N-dealkylation sites (tertiary alicyclic amines) is 1. The molecule has 1 aromatic heterocycles. The van der Waals surface area contributed by atoms with Crippen molar-refractivity contribution in [2.24, 2.45) is 5.92 Å². The van der Waals surface area contributed by atoms with Crippen LogP contribution in [0.25, 0.3) is 10.2 Å². The number of piperidine rings is 1. The molecule has 2 aromatic carbocycles. The monoisotopic (exact) mass is 380 g/mol. The first kappa shape index (κ1) is 17.5. The van der Waals surface area contributed by atoms with Crippen LogP contribution in [0.1, 0.15) is 12.8 Å². The molecule has 3 amide bonds. The molecule has 2 N–H and O–H groups in total.